The molecule has 0 saturated carbocycles. The van der Waals surface area contributed by atoms with Crippen LogP contribution in [0, 0.1) is 11.8 Å². The molecule has 1 amide bonds. The number of rotatable bonds is 4. The standard InChI is InChI=1S/C15H23N3O/c1-11-6-7-18(10-14(11)8-16)9-12-2-4-13(5-3-12)15(17)19/h2-5,11,14H,6-10,16H2,1H3,(H2,17,19). The minimum absolute atomic E-state index is 0.374. The van der Waals surface area contributed by atoms with E-state index >= 15 is 0 Å². The van der Waals surface area contributed by atoms with Crippen LogP contribution in [0.25, 0.3) is 0 Å². The lowest BCUT2D eigenvalue weighted by molar-refractivity contribution is 0.1000. The van der Waals surface area contributed by atoms with Gasteiger partial charge in [-0.25, -0.2) is 0 Å². The molecule has 1 aromatic carbocycles. The highest BCUT2D eigenvalue weighted by Crippen LogP contribution is 2.23. The fourth-order valence-corrected chi connectivity index (χ4v) is 2.71. The highest BCUT2D eigenvalue weighted by molar-refractivity contribution is 5.92. The first kappa shape index (κ1) is 14.0. The van der Waals surface area contributed by atoms with Crippen molar-refractivity contribution >= 4 is 5.91 Å². The number of carbonyl (C=O) groups excluding carboxylic acids is 1. The zero-order chi connectivity index (χ0) is 13.8. The summed E-state index contributed by atoms with van der Waals surface area (Å²) in [6, 6.07) is 7.56. The molecule has 4 N–H and O–H groups in total. The Morgan fingerprint density at radius 3 is 2.63 bits per heavy atom. The molecular weight excluding hydrogens is 238 g/mol. The predicted octanol–water partition coefficient (Wildman–Crippen LogP) is 1.20. The van der Waals surface area contributed by atoms with Gasteiger partial charge in [-0.05, 0) is 49.0 Å². The van der Waals surface area contributed by atoms with E-state index in [1.165, 1.54) is 12.0 Å². The summed E-state index contributed by atoms with van der Waals surface area (Å²) in [6.07, 6.45) is 1.21. The largest absolute Gasteiger partial charge is 0.366 e. The van der Waals surface area contributed by atoms with Crippen molar-refractivity contribution in [3.05, 3.63) is 35.4 Å². The number of likely N-dealkylation sites (tertiary alicyclic amines) is 1. The lowest BCUT2D eigenvalue weighted by atomic mass is 9.87. The first-order chi connectivity index (χ1) is 9.10. The van der Waals surface area contributed by atoms with Crippen molar-refractivity contribution in [3.8, 4) is 0 Å². The minimum atomic E-state index is -0.374. The van der Waals surface area contributed by atoms with Gasteiger partial charge in [0.05, 0.1) is 0 Å². The summed E-state index contributed by atoms with van der Waals surface area (Å²) in [5.41, 5.74) is 12.8. The summed E-state index contributed by atoms with van der Waals surface area (Å²) in [4.78, 5) is 13.5. The number of hydrogen-bond acceptors (Lipinski definition) is 3. The van der Waals surface area contributed by atoms with Crippen molar-refractivity contribution in [1.82, 2.24) is 4.90 Å². The molecule has 4 nitrogen and oxygen atoms in total. The Hall–Kier alpha value is -1.39. The van der Waals surface area contributed by atoms with Gasteiger partial charge in [-0.15, -0.1) is 0 Å². The van der Waals surface area contributed by atoms with Gasteiger partial charge in [0.15, 0.2) is 0 Å². The first-order valence-electron chi connectivity index (χ1n) is 6.91. The monoisotopic (exact) mass is 261 g/mol. The van der Waals surface area contributed by atoms with Gasteiger partial charge in [-0.1, -0.05) is 19.1 Å². The van der Waals surface area contributed by atoms with Crippen LogP contribution in [-0.4, -0.2) is 30.4 Å². The minimum Gasteiger partial charge on any atom is -0.366 e. The highest BCUT2D eigenvalue weighted by atomic mass is 16.1. The quantitative estimate of drug-likeness (QED) is 0.855. The number of piperidine rings is 1. The zero-order valence-electron chi connectivity index (χ0n) is 11.5. The smallest absolute Gasteiger partial charge is 0.248 e. The van der Waals surface area contributed by atoms with Gasteiger partial charge in [-0.3, -0.25) is 9.69 Å². The summed E-state index contributed by atoms with van der Waals surface area (Å²) in [6.45, 7) is 6.15. The van der Waals surface area contributed by atoms with Gasteiger partial charge in [0.25, 0.3) is 0 Å². The van der Waals surface area contributed by atoms with E-state index in [-0.39, 0.29) is 5.91 Å². The molecule has 104 valence electrons. The van der Waals surface area contributed by atoms with E-state index in [0.29, 0.717) is 11.5 Å². The maximum Gasteiger partial charge on any atom is 0.248 e. The first-order valence-corrected chi connectivity index (χ1v) is 6.91. The second kappa shape index (κ2) is 6.17. The van der Waals surface area contributed by atoms with Gasteiger partial charge >= 0.3 is 0 Å². The summed E-state index contributed by atoms with van der Waals surface area (Å²) >= 11 is 0. The molecule has 0 spiro atoms. The predicted molar refractivity (Wildman–Crippen MR) is 76.6 cm³/mol. The van der Waals surface area contributed by atoms with Crippen LogP contribution in [0.5, 0.6) is 0 Å². The van der Waals surface area contributed by atoms with E-state index in [1.54, 1.807) is 12.1 Å². The van der Waals surface area contributed by atoms with E-state index in [2.05, 4.69) is 11.8 Å². The molecule has 0 radical (unpaired) electrons. The van der Waals surface area contributed by atoms with Crippen molar-refractivity contribution in [2.45, 2.75) is 19.9 Å². The van der Waals surface area contributed by atoms with Crippen molar-refractivity contribution < 1.29 is 4.79 Å². The molecule has 2 rings (SSSR count). The maximum absolute atomic E-state index is 11.0. The average Bonchev–Trinajstić information content (AvgIpc) is 2.41. The van der Waals surface area contributed by atoms with Gasteiger partial charge in [0.2, 0.25) is 5.91 Å². The van der Waals surface area contributed by atoms with Crippen LogP contribution < -0.4 is 11.5 Å². The normalized spacial score (nSPS) is 24.3. The molecule has 4 heteroatoms. The van der Waals surface area contributed by atoms with Crippen LogP contribution >= 0.6 is 0 Å². The zero-order valence-corrected chi connectivity index (χ0v) is 11.5. The Kier molecular flexibility index (Phi) is 4.56. The number of nitrogens with two attached hydrogens (primary N) is 2. The van der Waals surface area contributed by atoms with E-state index in [0.717, 1.165) is 32.1 Å². The fraction of sp³-hybridized carbons (Fsp3) is 0.533. The fourth-order valence-electron chi connectivity index (χ4n) is 2.71. The van der Waals surface area contributed by atoms with Crippen molar-refractivity contribution in [3.63, 3.8) is 0 Å². The van der Waals surface area contributed by atoms with Gasteiger partial charge in [-0.2, -0.15) is 0 Å². The molecule has 1 aliphatic rings. The van der Waals surface area contributed by atoms with Crippen LogP contribution in [0.2, 0.25) is 0 Å². The average molecular weight is 261 g/mol. The maximum atomic E-state index is 11.0. The number of amides is 1. The molecule has 2 atom stereocenters. The van der Waals surface area contributed by atoms with Gasteiger partial charge in [0, 0.05) is 18.7 Å². The second-order valence-corrected chi connectivity index (χ2v) is 5.56. The number of benzene rings is 1. The molecule has 2 unspecified atom stereocenters. The molecule has 1 fully saturated rings. The van der Waals surface area contributed by atoms with E-state index in [4.69, 9.17) is 11.5 Å². The highest BCUT2D eigenvalue weighted by Gasteiger charge is 2.24. The van der Waals surface area contributed by atoms with Gasteiger partial charge < -0.3 is 11.5 Å². The third-order valence-corrected chi connectivity index (χ3v) is 4.15. The summed E-state index contributed by atoms with van der Waals surface area (Å²) in [7, 11) is 0. The van der Waals surface area contributed by atoms with E-state index < -0.39 is 0 Å². The number of hydrogen-bond donors (Lipinski definition) is 2. The Balaban J connectivity index is 1.95. The number of carbonyl (C=O) groups is 1. The van der Waals surface area contributed by atoms with Crippen LogP contribution in [0.4, 0.5) is 0 Å². The lowest BCUT2D eigenvalue weighted by Gasteiger charge is -2.36. The molecule has 1 saturated heterocycles. The molecule has 0 aliphatic carbocycles. The Bertz CT molecular complexity index is 430. The Morgan fingerprint density at radius 2 is 2.05 bits per heavy atom. The second-order valence-electron chi connectivity index (χ2n) is 5.56. The van der Waals surface area contributed by atoms with Gasteiger partial charge in [0.1, 0.15) is 0 Å². The molecule has 0 aromatic heterocycles. The number of nitrogens with zero attached hydrogens (tertiary/aromatic N) is 1. The topological polar surface area (TPSA) is 72.3 Å². The van der Waals surface area contributed by atoms with E-state index in [1.807, 2.05) is 12.1 Å². The van der Waals surface area contributed by atoms with E-state index in [9.17, 15) is 4.79 Å². The lowest BCUT2D eigenvalue weighted by Crippen LogP contribution is -2.42. The SMILES string of the molecule is CC1CCN(Cc2ccc(C(N)=O)cc2)CC1CN. The Labute approximate surface area is 114 Å². The Morgan fingerprint density at radius 1 is 1.37 bits per heavy atom. The molecule has 0 bridgehead atoms. The molecule has 1 aliphatic heterocycles. The third kappa shape index (κ3) is 3.55. The van der Waals surface area contributed by atoms with Crippen LogP contribution in [0.15, 0.2) is 24.3 Å². The summed E-state index contributed by atoms with van der Waals surface area (Å²) < 4.78 is 0. The number of primary amides is 1. The summed E-state index contributed by atoms with van der Waals surface area (Å²) in [5, 5.41) is 0. The van der Waals surface area contributed by atoms with Crippen molar-refractivity contribution in [2.24, 2.45) is 23.3 Å². The summed E-state index contributed by atoms with van der Waals surface area (Å²) in [5.74, 6) is 0.943. The van der Waals surface area contributed by atoms with Crippen molar-refractivity contribution in [1.29, 1.82) is 0 Å². The molecule has 1 heterocycles. The van der Waals surface area contributed by atoms with Crippen LogP contribution in [-0.2, 0) is 6.54 Å². The third-order valence-electron chi connectivity index (χ3n) is 4.15. The van der Waals surface area contributed by atoms with Crippen molar-refractivity contribution in [2.75, 3.05) is 19.6 Å². The van der Waals surface area contributed by atoms with Crippen LogP contribution in [0.3, 0.4) is 0 Å². The molecule has 19 heavy (non-hydrogen) atoms. The molecule has 1 aromatic rings. The van der Waals surface area contributed by atoms with Crippen LogP contribution in [0.1, 0.15) is 29.3 Å². The molecular formula is C15H23N3O.